The maximum absolute atomic E-state index is 11.9. The standard InChI is InChI=1S/C15H18BrN3O2/c1-18-8-10-19(11-9-18)17-15(21)7-6-14(20)12-2-4-13(16)5-3-12/h2-7H,8-11H2,1H3,(H,17,21)/b7-6+. The quantitative estimate of drug-likeness (QED) is 0.659. The maximum Gasteiger partial charge on any atom is 0.258 e. The fourth-order valence-corrected chi connectivity index (χ4v) is 2.24. The van der Waals surface area contributed by atoms with Crippen LogP contribution in [0.3, 0.4) is 0 Å². The number of amides is 1. The van der Waals surface area contributed by atoms with Gasteiger partial charge in [-0.2, -0.15) is 0 Å². The molecule has 1 aliphatic rings. The van der Waals surface area contributed by atoms with Crippen LogP contribution in [0, 0.1) is 0 Å². The molecule has 112 valence electrons. The number of rotatable bonds is 4. The van der Waals surface area contributed by atoms with E-state index in [-0.39, 0.29) is 11.7 Å². The topological polar surface area (TPSA) is 52.6 Å². The Morgan fingerprint density at radius 3 is 2.33 bits per heavy atom. The van der Waals surface area contributed by atoms with Crippen molar-refractivity contribution in [1.82, 2.24) is 15.3 Å². The second-order valence-electron chi connectivity index (χ2n) is 4.97. The zero-order valence-electron chi connectivity index (χ0n) is 11.9. The molecule has 1 saturated heterocycles. The molecule has 0 atom stereocenters. The molecular formula is C15H18BrN3O2. The van der Waals surface area contributed by atoms with Crippen LogP contribution in [0.5, 0.6) is 0 Å². The first-order valence-electron chi connectivity index (χ1n) is 6.77. The second-order valence-corrected chi connectivity index (χ2v) is 5.89. The highest BCUT2D eigenvalue weighted by atomic mass is 79.9. The smallest absolute Gasteiger partial charge is 0.258 e. The van der Waals surface area contributed by atoms with Gasteiger partial charge in [0, 0.05) is 42.3 Å². The van der Waals surface area contributed by atoms with Crippen LogP contribution in [0.2, 0.25) is 0 Å². The van der Waals surface area contributed by atoms with Gasteiger partial charge >= 0.3 is 0 Å². The van der Waals surface area contributed by atoms with Crippen molar-refractivity contribution in [2.45, 2.75) is 0 Å². The average molecular weight is 352 g/mol. The van der Waals surface area contributed by atoms with Crippen LogP contribution >= 0.6 is 15.9 Å². The summed E-state index contributed by atoms with van der Waals surface area (Å²) in [5, 5.41) is 1.87. The van der Waals surface area contributed by atoms with Gasteiger partial charge in [0.25, 0.3) is 5.91 Å². The zero-order chi connectivity index (χ0) is 15.2. The number of hydrogen-bond acceptors (Lipinski definition) is 4. The number of hydrogen-bond donors (Lipinski definition) is 1. The maximum atomic E-state index is 11.9. The van der Waals surface area contributed by atoms with E-state index in [9.17, 15) is 9.59 Å². The number of nitrogens with zero attached hydrogens (tertiary/aromatic N) is 2. The average Bonchev–Trinajstić information content (AvgIpc) is 2.48. The number of allylic oxidation sites excluding steroid dienone is 1. The van der Waals surface area contributed by atoms with Crippen LogP contribution in [-0.2, 0) is 4.79 Å². The number of nitrogens with one attached hydrogen (secondary N) is 1. The van der Waals surface area contributed by atoms with Gasteiger partial charge < -0.3 is 4.90 Å². The first-order valence-corrected chi connectivity index (χ1v) is 7.56. The molecule has 1 aliphatic heterocycles. The molecule has 0 aliphatic carbocycles. The third-order valence-corrected chi connectivity index (χ3v) is 3.82. The van der Waals surface area contributed by atoms with Gasteiger partial charge in [-0.3, -0.25) is 15.0 Å². The first kappa shape index (κ1) is 15.9. The van der Waals surface area contributed by atoms with E-state index in [4.69, 9.17) is 0 Å². The van der Waals surface area contributed by atoms with E-state index in [0.29, 0.717) is 5.56 Å². The molecule has 0 bridgehead atoms. The van der Waals surface area contributed by atoms with Gasteiger partial charge in [0.2, 0.25) is 0 Å². The molecule has 1 fully saturated rings. The third-order valence-electron chi connectivity index (χ3n) is 3.29. The van der Waals surface area contributed by atoms with Crippen LogP contribution in [0.15, 0.2) is 40.9 Å². The van der Waals surface area contributed by atoms with Crippen LogP contribution in [-0.4, -0.2) is 54.8 Å². The summed E-state index contributed by atoms with van der Waals surface area (Å²) in [5.41, 5.74) is 3.33. The first-order chi connectivity index (χ1) is 10.0. The lowest BCUT2D eigenvalue weighted by Gasteiger charge is -2.31. The fraction of sp³-hybridized carbons (Fsp3) is 0.333. The number of halogens is 1. The molecule has 0 aromatic heterocycles. The van der Waals surface area contributed by atoms with Gasteiger partial charge in [-0.15, -0.1) is 0 Å². The highest BCUT2D eigenvalue weighted by Gasteiger charge is 2.14. The Balaban J connectivity index is 1.84. The van der Waals surface area contributed by atoms with Crippen LogP contribution in [0.4, 0.5) is 0 Å². The fourth-order valence-electron chi connectivity index (χ4n) is 1.97. The zero-order valence-corrected chi connectivity index (χ0v) is 13.5. The molecule has 5 nitrogen and oxygen atoms in total. The summed E-state index contributed by atoms with van der Waals surface area (Å²) in [6.07, 6.45) is 2.58. The molecule has 6 heteroatoms. The van der Waals surface area contributed by atoms with Crippen molar-refractivity contribution in [3.05, 3.63) is 46.5 Å². The van der Waals surface area contributed by atoms with Crippen molar-refractivity contribution in [1.29, 1.82) is 0 Å². The minimum absolute atomic E-state index is 0.184. The normalized spacial score (nSPS) is 17.0. The van der Waals surface area contributed by atoms with Crippen LogP contribution in [0.1, 0.15) is 10.4 Å². The van der Waals surface area contributed by atoms with E-state index < -0.39 is 0 Å². The Kier molecular flexibility index (Phi) is 5.67. The highest BCUT2D eigenvalue weighted by molar-refractivity contribution is 9.10. The minimum atomic E-state index is -0.273. The summed E-state index contributed by atoms with van der Waals surface area (Å²) < 4.78 is 0.913. The lowest BCUT2D eigenvalue weighted by atomic mass is 10.1. The van der Waals surface area contributed by atoms with Crippen LogP contribution in [0.25, 0.3) is 0 Å². The summed E-state index contributed by atoms with van der Waals surface area (Å²) in [6.45, 7) is 3.41. The Bertz CT molecular complexity index is 534. The van der Waals surface area contributed by atoms with Gasteiger partial charge in [-0.05, 0) is 37.4 Å². The third kappa shape index (κ3) is 5.08. The Morgan fingerprint density at radius 1 is 1.10 bits per heavy atom. The van der Waals surface area contributed by atoms with Crippen LogP contribution < -0.4 is 5.43 Å². The van der Waals surface area contributed by atoms with Crippen molar-refractivity contribution in [2.24, 2.45) is 0 Å². The Hall–Kier alpha value is -1.50. The molecule has 21 heavy (non-hydrogen) atoms. The molecule has 1 N–H and O–H groups in total. The highest BCUT2D eigenvalue weighted by Crippen LogP contribution is 2.11. The summed E-state index contributed by atoms with van der Waals surface area (Å²) in [4.78, 5) is 25.9. The summed E-state index contributed by atoms with van der Waals surface area (Å²) >= 11 is 3.31. The molecule has 0 unspecified atom stereocenters. The summed E-state index contributed by atoms with van der Waals surface area (Å²) in [7, 11) is 2.05. The largest absolute Gasteiger partial charge is 0.304 e. The molecule has 1 amide bonds. The summed E-state index contributed by atoms with van der Waals surface area (Å²) in [6, 6.07) is 7.03. The number of ketones is 1. The van der Waals surface area contributed by atoms with E-state index in [1.165, 1.54) is 12.2 Å². The van der Waals surface area contributed by atoms with E-state index in [0.717, 1.165) is 30.7 Å². The number of carbonyl (C=O) groups is 2. The molecule has 1 heterocycles. The Morgan fingerprint density at radius 2 is 1.71 bits per heavy atom. The Labute approximate surface area is 132 Å². The monoisotopic (exact) mass is 351 g/mol. The lowest BCUT2D eigenvalue weighted by Crippen LogP contribution is -2.52. The molecule has 2 rings (SSSR count). The van der Waals surface area contributed by atoms with Gasteiger partial charge in [0.15, 0.2) is 5.78 Å². The minimum Gasteiger partial charge on any atom is -0.304 e. The predicted octanol–water partition coefficient (Wildman–Crippen LogP) is 1.47. The van der Waals surface area contributed by atoms with Gasteiger partial charge in [0.1, 0.15) is 0 Å². The molecule has 0 saturated carbocycles. The van der Waals surface area contributed by atoms with Gasteiger partial charge in [-0.1, -0.05) is 15.9 Å². The van der Waals surface area contributed by atoms with Gasteiger partial charge in [-0.25, -0.2) is 5.01 Å². The van der Waals surface area contributed by atoms with Crippen molar-refractivity contribution in [2.75, 3.05) is 33.2 Å². The van der Waals surface area contributed by atoms with Crippen molar-refractivity contribution >= 4 is 27.6 Å². The molecule has 0 radical (unpaired) electrons. The van der Waals surface area contributed by atoms with Crippen molar-refractivity contribution < 1.29 is 9.59 Å². The van der Waals surface area contributed by atoms with E-state index >= 15 is 0 Å². The van der Waals surface area contributed by atoms with E-state index in [1.54, 1.807) is 24.3 Å². The molecule has 0 spiro atoms. The molecule has 1 aromatic carbocycles. The predicted molar refractivity (Wildman–Crippen MR) is 84.8 cm³/mol. The van der Waals surface area contributed by atoms with E-state index in [2.05, 4.69) is 33.3 Å². The lowest BCUT2D eigenvalue weighted by molar-refractivity contribution is -0.121. The number of benzene rings is 1. The molecule has 1 aromatic rings. The SMILES string of the molecule is CN1CCN(NC(=O)/C=C/C(=O)c2ccc(Br)cc2)CC1. The van der Waals surface area contributed by atoms with Gasteiger partial charge in [0.05, 0.1) is 0 Å². The van der Waals surface area contributed by atoms with Crippen molar-refractivity contribution in [3.63, 3.8) is 0 Å². The molecular weight excluding hydrogens is 334 g/mol. The van der Waals surface area contributed by atoms with E-state index in [1.807, 2.05) is 5.01 Å². The second kappa shape index (κ2) is 7.49. The summed E-state index contributed by atoms with van der Waals surface area (Å²) in [5.74, 6) is -0.457. The number of hydrazine groups is 1. The number of likely N-dealkylation sites (N-methyl/N-ethyl adjacent to an activating group) is 1. The number of piperazine rings is 1. The number of carbonyl (C=O) groups excluding carboxylic acids is 2. The van der Waals surface area contributed by atoms with Crippen molar-refractivity contribution in [3.8, 4) is 0 Å².